The molecule has 1 aromatic heterocycles. The van der Waals surface area contributed by atoms with Crippen LogP contribution in [0.3, 0.4) is 0 Å². The van der Waals surface area contributed by atoms with Gasteiger partial charge in [-0.2, -0.15) is 0 Å². The Balaban J connectivity index is 1.86. The molecule has 7 heteroatoms. The Bertz CT molecular complexity index is 667. The number of rotatable bonds is 4. The summed E-state index contributed by atoms with van der Waals surface area (Å²) in [5, 5.41) is 12.0. The van der Waals surface area contributed by atoms with Crippen LogP contribution in [0, 0.1) is 6.92 Å². The third-order valence-electron chi connectivity index (χ3n) is 2.75. The quantitative estimate of drug-likeness (QED) is 0.933. The van der Waals surface area contributed by atoms with Crippen LogP contribution in [0.1, 0.15) is 21.1 Å². The van der Waals surface area contributed by atoms with Crippen LogP contribution in [-0.2, 0) is 6.61 Å². The van der Waals surface area contributed by atoms with Crippen LogP contribution < -0.4 is 14.2 Å². The summed E-state index contributed by atoms with van der Waals surface area (Å²) < 4.78 is 15.9. The highest BCUT2D eigenvalue weighted by molar-refractivity contribution is 7.09. The number of aromatic nitrogens is 1. The highest BCUT2D eigenvalue weighted by Gasteiger charge is 2.21. The molecule has 0 unspecified atom stereocenters. The monoisotopic (exact) mass is 293 g/mol. The van der Waals surface area contributed by atoms with Gasteiger partial charge in [0.05, 0.1) is 10.7 Å². The minimum Gasteiger partial charge on any atom is -0.486 e. The van der Waals surface area contributed by atoms with Gasteiger partial charge in [0.1, 0.15) is 17.9 Å². The first-order valence-corrected chi connectivity index (χ1v) is 6.72. The highest BCUT2D eigenvalue weighted by Crippen LogP contribution is 2.38. The number of hydrogen-bond donors (Lipinski definition) is 1. The maximum Gasteiger partial charge on any atom is 0.339 e. The van der Waals surface area contributed by atoms with E-state index in [-0.39, 0.29) is 24.7 Å². The van der Waals surface area contributed by atoms with E-state index in [0.29, 0.717) is 11.5 Å². The summed E-state index contributed by atoms with van der Waals surface area (Å²) >= 11 is 1.52. The summed E-state index contributed by atoms with van der Waals surface area (Å²) in [7, 11) is 0. The molecule has 0 spiro atoms. The Labute approximate surface area is 118 Å². The van der Waals surface area contributed by atoms with E-state index in [1.165, 1.54) is 23.5 Å². The molecular formula is C13H11NO5S. The van der Waals surface area contributed by atoms with Crippen molar-refractivity contribution in [3.63, 3.8) is 0 Å². The number of carbonyl (C=O) groups is 1. The lowest BCUT2D eigenvalue weighted by molar-refractivity contribution is 0.0691. The largest absolute Gasteiger partial charge is 0.486 e. The average molecular weight is 293 g/mol. The molecule has 104 valence electrons. The molecule has 0 saturated carbocycles. The van der Waals surface area contributed by atoms with Crippen LogP contribution >= 0.6 is 11.3 Å². The summed E-state index contributed by atoms with van der Waals surface area (Å²) in [6, 6.07) is 2.94. The minimum absolute atomic E-state index is 0.0428. The van der Waals surface area contributed by atoms with Crippen LogP contribution in [0.4, 0.5) is 0 Å². The Morgan fingerprint density at radius 1 is 1.45 bits per heavy atom. The Morgan fingerprint density at radius 3 is 2.85 bits per heavy atom. The predicted molar refractivity (Wildman–Crippen MR) is 70.7 cm³/mol. The highest BCUT2D eigenvalue weighted by atomic mass is 32.1. The maximum absolute atomic E-state index is 11.2. The molecule has 1 aromatic carbocycles. The van der Waals surface area contributed by atoms with Crippen LogP contribution in [-0.4, -0.2) is 22.9 Å². The van der Waals surface area contributed by atoms with E-state index in [2.05, 4.69) is 4.98 Å². The molecule has 3 rings (SSSR count). The van der Waals surface area contributed by atoms with Crippen molar-refractivity contribution < 1.29 is 24.1 Å². The Hall–Kier alpha value is -2.28. The summed E-state index contributed by atoms with van der Waals surface area (Å²) in [5.74, 6) is 0.0684. The Kier molecular flexibility index (Phi) is 3.19. The number of benzene rings is 1. The number of thiazole rings is 1. The standard InChI is InChI=1S/C13H11NO5S/c1-7-14-8(5-20-7)4-17-10-3-12-11(18-6-19-12)2-9(10)13(15)16/h2-3,5H,4,6H2,1H3,(H,15,16). The van der Waals surface area contributed by atoms with Gasteiger partial charge in [-0.05, 0) is 6.92 Å². The van der Waals surface area contributed by atoms with Gasteiger partial charge in [0.2, 0.25) is 6.79 Å². The second kappa shape index (κ2) is 5.01. The van der Waals surface area contributed by atoms with Crippen molar-refractivity contribution in [1.82, 2.24) is 4.98 Å². The lowest BCUT2D eigenvalue weighted by Gasteiger charge is -2.09. The molecule has 6 nitrogen and oxygen atoms in total. The van der Waals surface area contributed by atoms with Crippen LogP contribution in [0.2, 0.25) is 0 Å². The molecule has 0 bridgehead atoms. The number of hydrogen-bond acceptors (Lipinski definition) is 6. The molecule has 2 aromatic rings. The number of nitrogens with zero attached hydrogens (tertiary/aromatic N) is 1. The minimum atomic E-state index is -1.08. The summed E-state index contributed by atoms with van der Waals surface area (Å²) in [4.78, 5) is 15.5. The normalized spacial score (nSPS) is 12.4. The number of aromatic carboxylic acids is 1. The summed E-state index contributed by atoms with van der Waals surface area (Å²) in [6.07, 6.45) is 0. The van der Waals surface area contributed by atoms with E-state index in [1.807, 2.05) is 12.3 Å². The van der Waals surface area contributed by atoms with Gasteiger partial charge in [0, 0.05) is 17.5 Å². The fourth-order valence-electron chi connectivity index (χ4n) is 1.84. The van der Waals surface area contributed by atoms with Crippen molar-refractivity contribution >= 4 is 17.3 Å². The molecule has 20 heavy (non-hydrogen) atoms. The van der Waals surface area contributed by atoms with Gasteiger partial charge in [-0.15, -0.1) is 11.3 Å². The molecule has 2 heterocycles. The number of ether oxygens (including phenoxy) is 3. The van der Waals surface area contributed by atoms with Gasteiger partial charge < -0.3 is 19.3 Å². The average Bonchev–Trinajstić information content (AvgIpc) is 3.03. The van der Waals surface area contributed by atoms with Crippen molar-refractivity contribution in [2.24, 2.45) is 0 Å². The fourth-order valence-corrected chi connectivity index (χ4v) is 2.43. The molecular weight excluding hydrogens is 282 g/mol. The number of aryl methyl sites for hydroxylation is 1. The molecule has 0 radical (unpaired) electrons. The van der Waals surface area contributed by atoms with Crippen molar-refractivity contribution in [2.75, 3.05) is 6.79 Å². The summed E-state index contributed by atoms with van der Waals surface area (Å²) in [5.41, 5.74) is 0.808. The van der Waals surface area contributed by atoms with Crippen LogP contribution in [0.15, 0.2) is 17.5 Å². The number of carboxylic acid groups (broad SMARTS) is 1. The molecule has 0 saturated heterocycles. The van der Waals surface area contributed by atoms with Gasteiger partial charge in [-0.3, -0.25) is 0 Å². The first kappa shape index (κ1) is 12.7. The molecule has 0 amide bonds. The zero-order valence-electron chi connectivity index (χ0n) is 10.6. The molecule has 0 fully saturated rings. The smallest absolute Gasteiger partial charge is 0.339 e. The Morgan fingerprint density at radius 2 is 2.20 bits per heavy atom. The van der Waals surface area contributed by atoms with Crippen molar-refractivity contribution in [3.8, 4) is 17.2 Å². The van der Waals surface area contributed by atoms with Crippen molar-refractivity contribution in [2.45, 2.75) is 13.5 Å². The zero-order valence-corrected chi connectivity index (χ0v) is 11.4. The van der Waals surface area contributed by atoms with E-state index in [4.69, 9.17) is 14.2 Å². The van der Waals surface area contributed by atoms with E-state index in [0.717, 1.165) is 10.7 Å². The zero-order chi connectivity index (χ0) is 14.1. The molecule has 1 aliphatic rings. The van der Waals surface area contributed by atoms with Gasteiger partial charge >= 0.3 is 5.97 Å². The van der Waals surface area contributed by atoms with Crippen molar-refractivity contribution in [3.05, 3.63) is 33.8 Å². The molecule has 0 aliphatic carbocycles. The number of carboxylic acids is 1. The van der Waals surface area contributed by atoms with Crippen molar-refractivity contribution in [1.29, 1.82) is 0 Å². The first-order valence-electron chi connectivity index (χ1n) is 5.84. The van der Waals surface area contributed by atoms with E-state index in [9.17, 15) is 9.90 Å². The SMILES string of the molecule is Cc1nc(COc2cc3c(cc2C(=O)O)OCO3)cs1. The summed E-state index contributed by atoms with van der Waals surface area (Å²) in [6.45, 7) is 2.20. The lowest BCUT2D eigenvalue weighted by atomic mass is 10.2. The maximum atomic E-state index is 11.2. The van der Waals surface area contributed by atoms with E-state index >= 15 is 0 Å². The molecule has 1 aliphatic heterocycles. The van der Waals surface area contributed by atoms with E-state index < -0.39 is 5.97 Å². The molecule has 1 N–H and O–H groups in total. The third-order valence-corrected chi connectivity index (χ3v) is 3.57. The third kappa shape index (κ3) is 2.39. The lowest BCUT2D eigenvalue weighted by Crippen LogP contribution is -2.03. The second-order valence-electron chi connectivity index (χ2n) is 4.15. The first-order chi connectivity index (χ1) is 9.63. The fraction of sp³-hybridized carbons (Fsp3) is 0.231. The van der Waals surface area contributed by atoms with Gasteiger partial charge in [-0.1, -0.05) is 0 Å². The predicted octanol–water partition coefficient (Wildman–Crippen LogP) is 2.46. The topological polar surface area (TPSA) is 77.9 Å². The van der Waals surface area contributed by atoms with Crippen LogP contribution in [0.5, 0.6) is 17.2 Å². The second-order valence-corrected chi connectivity index (χ2v) is 5.22. The van der Waals surface area contributed by atoms with Gasteiger partial charge in [0.15, 0.2) is 11.5 Å². The van der Waals surface area contributed by atoms with Crippen LogP contribution in [0.25, 0.3) is 0 Å². The van der Waals surface area contributed by atoms with Gasteiger partial charge in [0.25, 0.3) is 0 Å². The number of fused-ring (bicyclic) bond motifs is 1. The van der Waals surface area contributed by atoms with E-state index in [1.54, 1.807) is 0 Å². The van der Waals surface area contributed by atoms with Gasteiger partial charge in [-0.25, -0.2) is 9.78 Å². The molecule has 0 atom stereocenters.